The van der Waals surface area contributed by atoms with Crippen molar-refractivity contribution in [3.05, 3.63) is 136 Å². The van der Waals surface area contributed by atoms with Crippen LogP contribution in [0.4, 0.5) is 5.69 Å². The smallest absolute Gasteiger partial charge is 0.254 e. The van der Waals surface area contributed by atoms with E-state index in [4.69, 9.17) is 0 Å². The van der Waals surface area contributed by atoms with Crippen molar-refractivity contribution in [2.45, 2.75) is 51.8 Å². The molecular weight excluding hydrogens is 619 g/mol. The quantitative estimate of drug-likeness (QED) is 0.149. The number of carbonyl (C=O) groups is 2. The van der Waals surface area contributed by atoms with Crippen LogP contribution in [0.1, 0.15) is 69.2 Å². The predicted molar refractivity (Wildman–Crippen MR) is 193 cm³/mol. The number of benzene rings is 3. The van der Waals surface area contributed by atoms with Gasteiger partial charge in [-0.15, -0.1) is 11.3 Å². The molecule has 9 heteroatoms. The number of hydrogen-bond donors (Lipinski definition) is 2. The van der Waals surface area contributed by atoms with Crippen molar-refractivity contribution < 1.29 is 14.7 Å². The lowest BCUT2D eigenvalue weighted by Gasteiger charge is -2.38. The van der Waals surface area contributed by atoms with E-state index < -0.39 is 17.6 Å². The highest BCUT2D eigenvalue weighted by atomic mass is 32.1. The molecule has 5 aromatic rings. The Kier molecular flexibility index (Phi) is 10.7. The number of likely N-dealkylation sites (N-methyl/N-ethyl adjacent to an activating group) is 1. The Bertz CT molecular complexity index is 1860. The third-order valence-electron chi connectivity index (χ3n) is 8.65. The molecule has 248 valence electrons. The van der Waals surface area contributed by atoms with Crippen LogP contribution in [0.5, 0.6) is 0 Å². The number of amides is 2. The molecular formula is C39H43N5O3S. The standard InChI is InChI=1S/C39H43N5O3S/c1-26(2)32-20-34(22-40-21-32)43(5)23-35(45)39(4,33-15-11-8-12-16-33)42-37(46)30-17-29(28-13-9-7-10-14-28)18-31(19-30)38(47)44(6)24-36-41-27(3)25-48-36/h7-22,25-26,35,45H,23-24H2,1-6H3,(H,42,46)/t35-,39+/m1/s1. The molecule has 0 aliphatic heterocycles. The van der Waals surface area contributed by atoms with Gasteiger partial charge in [0, 0.05) is 49.0 Å². The SMILES string of the molecule is Cc1csc(CN(C)C(=O)c2cc(C(=O)N[C@@](C)(c3ccccc3)[C@H](O)CN(C)c3cncc(C(C)C)c3)cc(-c3ccccc3)c2)n1. The normalized spacial score (nSPS) is 13.1. The first-order chi connectivity index (χ1) is 22.9. The lowest BCUT2D eigenvalue weighted by atomic mass is 9.85. The average molecular weight is 662 g/mol. The van der Waals surface area contributed by atoms with Gasteiger partial charge in [0.15, 0.2) is 0 Å². The molecule has 0 radical (unpaired) electrons. The van der Waals surface area contributed by atoms with Gasteiger partial charge in [-0.05, 0) is 66.3 Å². The Morgan fingerprint density at radius 1 is 0.917 bits per heavy atom. The van der Waals surface area contributed by atoms with Gasteiger partial charge >= 0.3 is 0 Å². The van der Waals surface area contributed by atoms with Gasteiger partial charge in [-0.3, -0.25) is 14.6 Å². The zero-order chi connectivity index (χ0) is 34.4. The number of rotatable bonds is 12. The van der Waals surface area contributed by atoms with Crippen molar-refractivity contribution in [2.75, 3.05) is 25.5 Å². The highest BCUT2D eigenvalue weighted by molar-refractivity contribution is 7.09. The third-order valence-corrected chi connectivity index (χ3v) is 9.60. The van der Waals surface area contributed by atoms with E-state index in [9.17, 15) is 14.7 Å². The predicted octanol–water partition coefficient (Wildman–Crippen LogP) is 7.05. The first-order valence-electron chi connectivity index (χ1n) is 16.0. The van der Waals surface area contributed by atoms with Crippen molar-refractivity contribution in [1.29, 1.82) is 0 Å². The third kappa shape index (κ3) is 7.98. The van der Waals surface area contributed by atoms with Crippen LogP contribution < -0.4 is 10.2 Å². The Morgan fingerprint density at radius 3 is 2.23 bits per heavy atom. The number of nitrogens with one attached hydrogen (secondary N) is 1. The topological polar surface area (TPSA) is 98.7 Å². The Labute approximate surface area is 287 Å². The molecule has 0 aliphatic rings. The molecule has 2 amide bonds. The van der Waals surface area contributed by atoms with Gasteiger partial charge in [-0.25, -0.2) is 4.98 Å². The van der Waals surface area contributed by atoms with Crippen LogP contribution in [0.2, 0.25) is 0 Å². The van der Waals surface area contributed by atoms with E-state index in [1.807, 2.05) is 104 Å². The van der Waals surface area contributed by atoms with Crippen molar-refractivity contribution in [3.63, 3.8) is 0 Å². The maximum absolute atomic E-state index is 14.3. The average Bonchev–Trinajstić information content (AvgIpc) is 3.52. The number of anilines is 1. The van der Waals surface area contributed by atoms with Gasteiger partial charge in [0.2, 0.25) is 0 Å². The van der Waals surface area contributed by atoms with E-state index in [1.165, 1.54) is 11.3 Å². The molecule has 5 rings (SSSR count). The highest BCUT2D eigenvalue weighted by Crippen LogP contribution is 2.29. The minimum atomic E-state index is -1.18. The van der Waals surface area contributed by atoms with E-state index in [0.29, 0.717) is 23.6 Å². The number of carbonyl (C=O) groups excluding carboxylic acids is 2. The second-order valence-electron chi connectivity index (χ2n) is 12.8. The Morgan fingerprint density at radius 2 is 1.58 bits per heavy atom. The van der Waals surface area contributed by atoms with E-state index in [-0.39, 0.29) is 12.5 Å². The molecule has 2 heterocycles. The maximum Gasteiger partial charge on any atom is 0.254 e. The summed E-state index contributed by atoms with van der Waals surface area (Å²) >= 11 is 1.51. The molecule has 0 saturated heterocycles. The molecule has 0 saturated carbocycles. The number of aliphatic hydroxyl groups excluding tert-OH is 1. The van der Waals surface area contributed by atoms with Gasteiger partial charge in [-0.2, -0.15) is 0 Å². The summed E-state index contributed by atoms with van der Waals surface area (Å²) in [5, 5.41) is 17.8. The molecule has 8 nitrogen and oxygen atoms in total. The van der Waals surface area contributed by atoms with Crippen molar-refractivity contribution in [2.24, 2.45) is 0 Å². The molecule has 48 heavy (non-hydrogen) atoms. The monoisotopic (exact) mass is 661 g/mol. The van der Waals surface area contributed by atoms with Crippen LogP contribution in [0.15, 0.2) is 103 Å². The Hall–Kier alpha value is -4.86. The molecule has 0 bridgehead atoms. The number of aliphatic hydroxyl groups is 1. The zero-order valence-corrected chi connectivity index (χ0v) is 29.2. The molecule has 0 fully saturated rings. The molecule has 0 aliphatic carbocycles. The molecule has 2 atom stereocenters. The van der Waals surface area contributed by atoms with Crippen molar-refractivity contribution in [3.8, 4) is 11.1 Å². The summed E-state index contributed by atoms with van der Waals surface area (Å²) in [5.41, 5.74) is 4.78. The second-order valence-corrected chi connectivity index (χ2v) is 13.7. The fraction of sp³-hybridized carbons (Fsp3) is 0.282. The fourth-order valence-corrected chi connectivity index (χ4v) is 6.43. The summed E-state index contributed by atoms with van der Waals surface area (Å²) in [6, 6.07) is 26.4. The van der Waals surface area contributed by atoms with Gasteiger partial charge in [0.25, 0.3) is 11.8 Å². The zero-order valence-electron chi connectivity index (χ0n) is 28.3. The number of nitrogens with zero attached hydrogens (tertiary/aromatic N) is 4. The van der Waals surface area contributed by atoms with Gasteiger partial charge in [0.1, 0.15) is 5.01 Å². The van der Waals surface area contributed by atoms with E-state index in [2.05, 4.69) is 35.2 Å². The van der Waals surface area contributed by atoms with E-state index in [1.54, 1.807) is 30.3 Å². The van der Waals surface area contributed by atoms with E-state index in [0.717, 1.165) is 38.6 Å². The molecule has 2 N–H and O–H groups in total. The summed E-state index contributed by atoms with van der Waals surface area (Å²) in [5.74, 6) is -0.319. The maximum atomic E-state index is 14.3. The minimum absolute atomic E-state index is 0.223. The van der Waals surface area contributed by atoms with Crippen LogP contribution >= 0.6 is 11.3 Å². The summed E-state index contributed by atoms with van der Waals surface area (Å²) < 4.78 is 0. The fourth-order valence-electron chi connectivity index (χ4n) is 5.61. The first kappa shape index (κ1) is 34.5. The van der Waals surface area contributed by atoms with Crippen LogP contribution in [0.3, 0.4) is 0 Å². The summed E-state index contributed by atoms with van der Waals surface area (Å²) in [6.45, 7) is 8.57. The summed E-state index contributed by atoms with van der Waals surface area (Å²) in [7, 11) is 3.64. The first-order valence-corrected chi connectivity index (χ1v) is 16.9. The van der Waals surface area contributed by atoms with Gasteiger partial charge in [-0.1, -0.05) is 74.5 Å². The lowest BCUT2D eigenvalue weighted by Crippen LogP contribution is -2.55. The van der Waals surface area contributed by atoms with Crippen LogP contribution in [0, 0.1) is 6.92 Å². The molecule has 0 unspecified atom stereocenters. The second kappa shape index (κ2) is 14.9. The highest BCUT2D eigenvalue weighted by Gasteiger charge is 2.38. The number of hydrogen-bond acceptors (Lipinski definition) is 7. The van der Waals surface area contributed by atoms with Crippen molar-refractivity contribution >= 4 is 28.8 Å². The molecule has 2 aromatic heterocycles. The lowest BCUT2D eigenvalue weighted by molar-refractivity contribution is 0.0593. The summed E-state index contributed by atoms with van der Waals surface area (Å²) in [4.78, 5) is 40.5. The van der Waals surface area contributed by atoms with Gasteiger partial charge in [0.05, 0.1) is 30.1 Å². The molecule has 0 spiro atoms. The number of aromatic nitrogens is 2. The number of thiazole rings is 1. The number of pyridine rings is 1. The van der Waals surface area contributed by atoms with Gasteiger partial charge < -0.3 is 20.2 Å². The van der Waals surface area contributed by atoms with Crippen molar-refractivity contribution in [1.82, 2.24) is 20.2 Å². The number of aryl methyl sites for hydroxylation is 1. The Balaban J connectivity index is 1.47. The van der Waals surface area contributed by atoms with Crippen LogP contribution in [-0.4, -0.2) is 58.5 Å². The van der Waals surface area contributed by atoms with Crippen LogP contribution in [-0.2, 0) is 12.1 Å². The largest absolute Gasteiger partial charge is 0.388 e. The van der Waals surface area contributed by atoms with E-state index >= 15 is 0 Å². The molecule has 3 aromatic carbocycles. The van der Waals surface area contributed by atoms with Crippen LogP contribution in [0.25, 0.3) is 11.1 Å². The summed E-state index contributed by atoms with van der Waals surface area (Å²) in [6.07, 6.45) is 2.62. The minimum Gasteiger partial charge on any atom is -0.388 e.